The number of anilines is 2. The lowest BCUT2D eigenvalue weighted by Gasteiger charge is -2.21. The highest BCUT2D eigenvalue weighted by molar-refractivity contribution is 7.92. The van der Waals surface area contributed by atoms with Crippen molar-refractivity contribution in [2.75, 3.05) is 29.3 Å². The van der Waals surface area contributed by atoms with E-state index in [0.717, 1.165) is 44.3 Å². The maximum absolute atomic E-state index is 12.9. The van der Waals surface area contributed by atoms with E-state index < -0.39 is 10.0 Å². The molecule has 9 heteroatoms. The van der Waals surface area contributed by atoms with Crippen LogP contribution in [0.4, 0.5) is 11.4 Å². The number of ketones is 1. The molecule has 2 aliphatic rings. The largest absolute Gasteiger partial charge is 0.343 e. The number of carbonyl (C=O) groups excluding carboxylic acids is 3. The van der Waals surface area contributed by atoms with E-state index in [0.29, 0.717) is 29.9 Å². The summed E-state index contributed by atoms with van der Waals surface area (Å²) in [6.07, 6.45) is 5.20. The summed E-state index contributed by atoms with van der Waals surface area (Å²) < 4.78 is 28.4. The van der Waals surface area contributed by atoms with Crippen molar-refractivity contribution in [2.24, 2.45) is 0 Å². The van der Waals surface area contributed by atoms with Crippen LogP contribution >= 0.6 is 0 Å². The quantitative estimate of drug-likeness (QED) is 0.587. The Balaban J connectivity index is 1.41. The SMILES string of the molecule is CC(=O)c1cccc(NS(=O)(=O)c2ccc3c(c2)CCN3C(=O)CCC(=O)N2CCCCCC2)c1. The zero-order valence-corrected chi connectivity index (χ0v) is 20.8. The first-order chi connectivity index (χ1) is 16.7. The van der Waals surface area contributed by atoms with Crippen LogP contribution < -0.4 is 9.62 Å². The molecule has 2 amide bonds. The van der Waals surface area contributed by atoms with Gasteiger partial charge in [0.1, 0.15) is 0 Å². The molecule has 186 valence electrons. The summed E-state index contributed by atoms with van der Waals surface area (Å²) in [6, 6.07) is 11.1. The van der Waals surface area contributed by atoms with Crippen LogP contribution in [-0.4, -0.2) is 50.5 Å². The van der Waals surface area contributed by atoms with Gasteiger partial charge >= 0.3 is 0 Å². The van der Waals surface area contributed by atoms with E-state index in [1.54, 1.807) is 35.2 Å². The summed E-state index contributed by atoms with van der Waals surface area (Å²) in [5, 5.41) is 0. The molecule has 2 aromatic rings. The van der Waals surface area contributed by atoms with Crippen molar-refractivity contribution in [3.8, 4) is 0 Å². The van der Waals surface area contributed by atoms with E-state index in [2.05, 4.69) is 4.72 Å². The Morgan fingerprint density at radius 3 is 2.31 bits per heavy atom. The van der Waals surface area contributed by atoms with E-state index in [9.17, 15) is 22.8 Å². The van der Waals surface area contributed by atoms with E-state index >= 15 is 0 Å². The average molecular weight is 498 g/mol. The number of nitrogens with zero attached hydrogens (tertiary/aromatic N) is 2. The smallest absolute Gasteiger partial charge is 0.261 e. The normalized spacial score (nSPS) is 15.9. The van der Waals surface area contributed by atoms with Gasteiger partial charge in [-0.25, -0.2) is 8.42 Å². The molecule has 0 aliphatic carbocycles. The van der Waals surface area contributed by atoms with Crippen molar-refractivity contribution in [3.05, 3.63) is 53.6 Å². The zero-order valence-electron chi connectivity index (χ0n) is 20.0. The summed E-state index contributed by atoms with van der Waals surface area (Å²) in [7, 11) is -3.87. The van der Waals surface area contributed by atoms with Crippen molar-refractivity contribution in [1.82, 2.24) is 4.90 Å². The minimum atomic E-state index is -3.87. The van der Waals surface area contributed by atoms with Crippen LogP contribution in [0.5, 0.6) is 0 Å². The van der Waals surface area contributed by atoms with Crippen LogP contribution in [0.15, 0.2) is 47.4 Å². The number of hydrogen-bond donors (Lipinski definition) is 1. The maximum Gasteiger partial charge on any atom is 0.261 e. The van der Waals surface area contributed by atoms with Crippen LogP contribution in [0.1, 0.15) is 61.4 Å². The molecular formula is C26H31N3O5S. The standard InChI is InChI=1S/C26H31N3O5S/c1-19(30)20-7-6-8-22(17-20)27-35(33,34)23-9-10-24-21(18-23)13-16-29(24)26(32)12-11-25(31)28-14-4-2-3-5-15-28/h6-10,17-18,27H,2-5,11-16H2,1H3. The second kappa shape index (κ2) is 10.6. The average Bonchev–Trinajstić information content (AvgIpc) is 3.06. The molecule has 8 nitrogen and oxygen atoms in total. The minimum Gasteiger partial charge on any atom is -0.343 e. The molecule has 2 heterocycles. The molecule has 0 bridgehead atoms. The first kappa shape index (κ1) is 24.9. The van der Waals surface area contributed by atoms with Crippen LogP contribution in [0, 0.1) is 0 Å². The van der Waals surface area contributed by atoms with E-state index in [4.69, 9.17) is 0 Å². The molecule has 1 N–H and O–H groups in total. The number of carbonyl (C=O) groups is 3. The molecule has 0 unspecified atom stereocenters. The zero-order chi connectivity index (χ0) is 25.0. The van der Waals surface area contributed by atoms with Gasteiger partial charge in [0.15, 0.2) is 5.78 Å². The number of rotatable bonds is 7. The lowest BCUT2D eigenvalue weighted by Crippen LogP contribution is -2.34. The van der Waals surface area contributed by atoms with E-state index in [-0.39, 0.29) is 35.3 Å². The van der Waals surface area contributed by atoms with Gasteiger partial charge in [-0.2, -0.15) is 0 Å². The molecule has 1 fully saturated rings. The second-order valence-corrected chi connectivity index (χ2v) is 10.8. The molecule has 1 saturated heterocycles. The summed E-state index contributed by atoms with van der Waals surface area (Å²) >= 11 is 0. The molecule has 0 spiro atoms. The predicted molar refractivity (Wildman–Crippen MR) is 134 cm³/mol. The van der Waals surface area contributed by atoms with E-state index in [1.807, 2.05) is 4.90 Å². The molecule has 2 aromatic carbocycles. The van der Waals surface area contributed by atoms with Crippen molar-refractivity contribution in [2.45, 2.75) is 56.8 Å². The van der Waals surface area contributed by atoms with Crippen molar-refractivity contribution >= 4 is 39.0 Å². The fourth-order valence-corrected chi connectivity index (χ4v) is 5.75. The molecular weight excluding hydrogens is 466 g/mol. The maximum atomic E-state index is 12.9. The van der Waals surface area contributed by atoms with Crippen LogP contribution in [0.3, 0.4) is 0 Å². The fraction of sp³-hybridized carbons (Fsp3) is 0.423. The van der Waals surface area contributed by atoms with Gasteiger partial charge in [-0.15, -0.1) is 0 Å². The number of amides is 2. The Bertz CT molecular complexity index is 1230. The Hall–Kier alpha value is -3.20. The molecule has 2 aliphatic heterocycles. The highest BCUT2D eigenvalue weighted by Crippen LogP contribution is 2.31. The van der Waals surface area contributed by atoms with Gasteiger partial charge in [0.05, 0.1) is 4.90 Å². The van der Waals surface area contributed by atoms with Gasteiger partial charge in [-0.1, -0.05) is 25.0 Å². The lowest BCUT2D eigenvalue weighted by molar-refractivity contribution is -0.133. The van der Waals surface area contributed by atoms with Gasteiger partial charge in [-0.3, -0.25) is 19.1 Å². The number of hydrogen-bond acceptors (Lipinski definition) is 5. The summed E-state index contributed by atoms with van der Waals surface area (Å²) in [4.78, 5) is 40.6. The third-order valence-corrected chi connectivity index (χ3v) is 7.97. The predicted octanol–water partition coefficient (Wildman–Crippen LogP) is 3.76. The molecule has 0 aromatic heterocycles. The van der Waals surface area contributed by atoms with Gasteiger partial charge < -0.3 is 9.80 Å². The first-order valence-electron chi connectivity index (χ1n) is 12.1. The summed E-state index contributed by atoms with van der Waals surface area (Å²) in [6.45, 7) is 3.42. The summed E-state index contributed by atoms with van der Waals surface area (Å²) in [5.74, 6) is -0.246. The molecule has 4 rings (SSSR count). The van der Waals surface area contributed by atoms with Crippen LogP contribution in [-0.2, 0) is 26.0 Å². The second-order valence-electron chi connectivity index (χ2n) is 9.12. The molecule has 35 heavy (non-hydrogen) atoms. The number of sulfonamides is 1. The van der Waals surface area contributed by atoms with Crippen LogP contribution in [0.25, 0.3) is 0 Å². The van der Waals surface area contributed by atoms with E-state index in [1.165, 1.54) is 19.1 Å². The van der Waals surface area contributed by atoms with Crippen molar-refractivity contribution < 1.29 is 22.8 Å². The lowest BCUT2D eigenvalue weighted by atomic mass is 10.1. The van der Waals surface area contributed by atoms with Gasteiger partial charge in [0.2, 0.25) is 11.8 Å². The highest BCUT2D eigenvalue weighted by atomic mass is 32.2. The number of fused-ring (bicyclic) bond motifs is 1. The van der Waals surface area contributed by atoms with Gasteiger partial charge in [0.25, 0.3) is 10.0 Å². The Morgan fingerprint density at radius 1 is 0.886 bits per heavy atom. The van der Waals surface area contributed by atoms with Crippen molar-refractivity contribution in [3.63, 3.8) is 0 Å². The highest BCUT2D eigenvalue weighted by Gasteiger charge is 2.27. The fourth-order valence-electron chi connectivity index (χ4n) is 4.65. The van der Waals surface area contributed by atoms with Crippen LogP contribution in [0.2, 0.25) is 0 Å². The number of benzene rings is 2. The molecule has 0 saturated carbocycles. The topological polar surface area (TPSA) is 104 Å². The monoisotopic (exact) mass is 497 g/mol. The summed E-state index contributed by atoms with van der Waals surface area (Å²) in [5.41, 5.74) is 2.19. The third kappa shape index (κ3) is 5.90. The number of likely N-dealkylation sites (tertiary alicyclic amines) is 1. The Labute approximate surface area is 206 Å². The Kier molecular flexibility index (Phi) is 7.54. The Morgan fingerprint density at radius 2 is 1.60 bits per heavy atom. The van der Waals surface area contributed by atoms with Crippen molar-refractivity contribution in [1.29, 1.82) is 0 Å². The minimum absolute atomic E-state index is 0.0287. The van der Waals surface area contributed by atoms with Gasteiger partial charge in [-0.05, 0) is 62.1 Å². The first-order valence-corrected chi connectivity index (χ1v) is 13.6. The third-order valence-electron chi connectivity index (χ3n) is 6.59. The molecule has 0 atom stereocenters. The van der Waals surface area contributed by atoms with Gasteiger partial charge in [0, 0.05) is 49.4 Å². The number of Topliss-reactive ketones (excluding diaryl/α,β-unsaturated/α-hetero) is 1. The molecule has 0 radical (unpaired) electrons. The number of nitrogens with one attached hydrogen (secondary N) is 1.